The normalized spacial score (nSPS) is 18.0. The molecular formula is C13H16ClF3N2O2. The van der Waals surface area contributed by atoms with Crippen LogP contribution in [-0.2, 0) is 0 Å². The zero-order chi connectivity index (χ0) is 14.6. The van der Waals surface area contributed by atoms with Crippen LogP contribution in [0.15, 0.2) is 24.3 Å². The van der Waals surface area contributed by atoms with Crippen molar-refractivity contribution in [2.24, 2.45) is 5.92 Å². The molecule has 1 aliphatic heterocycles. The highest BCUT2D eigenvalue weighted by Gasteiger charge is 2.31. The molecule has 1 saturated heterocycles. The summed E-state index contributed by atoms with van der Waals surface area (Å²) in [5.74, 6) is -0.425. The molecule has 1 aromatic carbocycles. The first kappa shape index (κ1) is 17.6. The van der Waals surface area contributed by atoms with Gasteiger partial charge < -0.3 is 15.4 Å². The van der Waals surface area contributed by atoms with E-state index in [1.165, 1.54) is 12.1 Å². The van der Waals surface area contributed by atoms with Crippen LogP contribution >= 0.6 is 12.4 Å². The molecule has 118 valence electrons. The van der Waals surface area contributed by atoms with Crippen LogP contribution < -0.4 is 15.4 Å². The van der Waals surface area contributed by atoms with Crippen LogP contribution in [-0.4, -0.2) is 31.9 Å². The first-order chi connectivity index (χ1) is 9.44. The van der Waals surface area contributed by atoms with Crippen molar-refractivity contribution >= 4 is 18.3 Å². The number of amides is 1. The molecule has 0 aromatic heterocycles. The van der Waals surface area contributed by atoms with Crippen LogP contribution in [0.5, 0.6) is 5.75 Å². The predicted molar refractivity (Wildman–Crippen MR) is 73.7 cm³/mol. The van der Waals surface area contributed by atoms with E-state index in [0.29, 0.717) is 12.5 Å². The van der Waals surface area contributed by atoms with Crippen LogP contribution in [0.2, 0.25) is 0 Å². The average Bonchev–Trinajstić information content (AvgIpc) is 2.87. The van der Waals surface area contributed by atoms with Gasteiger partial charge in [0.05, 0.1) is 0 Å². The van der Waals surface area contributed by atoms with Gasteiger partial charge >= 0.3 is 6.36 Å². The van der Waals surface area contributed by atoms with Crippen LogP contribution in [0.1, 0.15) is 16.8 Å². The van der Waals surface area contributed by atoms with Crippen molar-refractivity contribution < 1.29 is 22.7 Å². The lowest BCUT2D eigenvalue weighted by Gasteiger charge is -2.12. The van der Waals surface area contributed by atoms with E-state index in [2.05, 4.69) is 15.4 Å². The van der Waals surface area contributed by atoms with Crippen molar-refractivity contribution in [1.29, 1.82) is 0 Å². The predicted octanol–water partition coefficient (Wildman–Crippen LogP) is 2.35. The fraction of sp³-hybridized carbons (Fsp3) is 0.462. The number of carbonyl (C=O) groups excluding carboxylic acids is 1. The van der Waals surface area contributed by atoms with Gasteiger partial charge in [-0.25, -0.2) is 0 Å². The van der Waals surface area contributed by atoms with E-state index in [0.717, 1.165) is 31.6 Å². The summed E-state index contributed by atoms with van der Waals surface area (Å²) in [5.41, 5.74) is 0.151. The number of halogens is 4. The lowest BCUT2D eigenvalue weighted by Crippen LogP contribution is -2.30. The standard InChI is InChI=1S/C13H15F3N2O2.ClH/c14-13(15,16)20-11-3-1-2-10(6-11)12(19)18-8-9-4-5-17-7-9;/h1-3,6,9,17H,4-5,7-8H2,(H,18,19);1H. The molecule has 0 aliphatic carbocycles. The van der Waals surface area contributed by atoms with E-state index in [-0.39, 0.29) is 18.0 Å². The minimum atomic E-state index is -4.76. The van der Waals surface area contributed by atoms with E-state index in [1.54, 1.807) is 0 Å². The van der Waals surface area contributed by atoms with Crippen molar-refractivity contribution in [3.8, 4) is 5.75 Å². The van der Waals surface area contributed by atoms with Gasteiger partial charge in [-0.15, -0.1) is 25.6 Å². The topological polar surface area (TPSA) is 50.4 Å². The summed E-state index contributed by atoms with van der Waals surface area (Å²) >= 11 is 0. The number of ether oxygens (including phenoxy) is 1. The monoisotopic (exact) mass is 324 g/mol. The number of carbonyl (C=O) groups is 1. The van der Waals surface area contributed by atoms with Gasteiger partial charge in [-0.3, -0.25) is 4.79 Å². The Morgan fingerprint density at radius 3 is 2.81 bits per heavy atom. The number of alkyl halides is 3. The summed E-state index contributed by atoms with van der Waals surface area (Å²) < 4.78 is 40.1. The highest BCUT2D eigenvalue weighted by atomic mass is 35.5. The summed E-state index contributed by atoms with van der Waals surface area (Å²) in [4.78, 5) is 11.9. The average molecular weight is 325 g/mol. The van der Waals surface area contributed by atoms with Crippen LogP contribution in [0.3, 0.4) is 0 Å². The zero-order valence-corrected chi connectivity index (χ0v) is 11.9. The Labute approximate surface area is 126 Å². The quantitative estimate of drug-likeness (QED) is 0.894. The Balaban J connectivity index is 0.00000220. The largest absolute Gasteiger partial charge is 0.573 e. The Morgan fingerprint density at radius 1 is 1.43 bits per heavy atom. The van der Waals surface area contributed by atoms with Crippen molar-refractivity contribution in [3.05, 3.63) is 29.8 Å². The fourth-order valence-corrected chi connectivity index (χ4v) is 2.06. The van der Waals surface area contributed by atoms with Crippen molar-refractivity contribution in [2.75, 3.05) is 19.6 Å². The maximum atomic E-state index is 12.1. The summed E-state index contributed by atoms with van der Waals surface area (Å²) in [6.45, 7) is 2.28. The Kier molecular flexibility index (Phi) is 6.29. The van der Waals surface area contributed by atoms with E-state index in [9.17, 15) is 18.0 Å². The molecule has 21 heavy (non-hydrogen) atoms. The SMILES string of the molecule is Cl.O=C(NCC1CCNC1)c1cccc(OC(F)(F)F)c1. The second-order valence-corrected chi connectivity index (χ2v) is 4.64. The van der Waals surface area contributed by atoms with E-state index in [4.69, 9.17) is 0 Å². The summed E-state index contributed by atoms with van der Waals surface area (Å²) in [6, 6.07) is 5.04. The maximum Gasteiger partial charge on any atom is 0.573 e. The second kappa shape index (κ2) is 7.51. The first-order valence-electron chi connectivity index (χ1n) is 6.29. The van der Waals surface area contributed by atoms with Crippen molar-refractivity contribution in [2.45, 2.75) is 12.8 Å². The highest BCUT2D eigenvalue weighted by Crippen LogP contribution is 2.23. The molecule has 8 heteroatoms. The third-order valence-corrected chi connectivity index (χ3v) is 3.04. The number of benzene rings is 1. The maximum absolute atomic E-state index is 12.1. The summed E-state index contributed by atoms with van der Waals surface area (Å²) in [5, 5.41) is 5.89. The number of nitrogens with one attached hydrogen (secondary N) is 2. The lowest BCUT2D eigenvalue weighted by atomic mass is 10.1. The van der Waals surface area contributed by atoms with Gasteiger partial charge in [0.25, 0.3) is 5.91 Å². The fourth-order valence-electron chi connectivity index (χ4n) is 2.06. The van der Waals surface area contributed by atoms with Crippen molar-refractivity contribution in [1.82, 2.24) is 10.6 Å². The summed E-state index contributed by atoms with van der Waals surface area (Å²) in [6.07, 6.45) is -3.78. The number of hydrogen-bond donors (Lipinski definition) is 2. The molecular weight excluding hydrogens is 309 g/mol. The van der Waals surface area contributed by atoms with Crippen LogP contribution in [0, 0.1) is 5.92 Å². The minimum Gasteiger partial charge on any atom is -0.406 e. The van der Waals surface area contributed by atoms with E-state index >= 15 is 0 Å². The first-order valence-corrected chi connectivity index (χ1v) is 6.29. The second-order valence-electron chi connectivity index (χ2n) is 4.64. The third kappa shape index (κ3) is 5.81. The molecule has 1 unspecified atom stereocenters. The molecule has 0 spiro atoms. The third-order valence-electron chi connectivity index (χ3n) is 3.04. The Morgan fingerprint density at radius 2 is 2.19 bits per heavy atom. The Hall–Kier alpha value is -1.47. The lowest BCUT2D eigenvalue weighted by molar-refractivity contribution is -0.274. The molecule has 1 aliphatic rings. The van der Waals surface area contributed by atoms with Gasteiger partial charge in [0.2, 0.25) is 0 Å². The molecule has 1 atom stereocenters. The molecule has 0 bridgehead atoms. The van der Waals surface area contributed by atoms with Gasteiger partial charge in [-0.05, 0) is 43.6 Å². The van der Waals surface area contributed by atoms with Gasteiger partial charge in [-0.2, -0.15) is 0 Å². The smallest absolute Gasteiger partial charge is 0.406 e. The molecule has 4 nitrogen and oxygen atoms in total. The number of rotatable bonds is 4. The van der Waals surface area contributed by atoms with Crippen LogP contribution in [0.4, 0.5) is 13.2 Å². The molecule has 1 fully saturated rings. The zero-order valence-electron chi connectivity index (χ0n) is 11.1. The highest BCUT2D eigenvalue weighted by molar-refractivity contribution is 5.94. The molecule has 0 saturated carbocycles. The molecule has 1 aromatic rings. The van der Waals surface area contributed by atoms with E-state index < -0.39 is 18.0 Å². The van der Waals surface area contributed by atoms with Gasteiger partial charge in [0.1, 0.15) is 5.75 Å². The van der Waals surface area contributed by atoms with Gasteiger partial charge in [0.15, 0.2) is 0 Å². The molecule has 0 radical (unpaired) electrons. The van der Waals surface area contributed by atoms with Crippen molar-refractivity contribution in [3.63, 3.8) is 0 Å². The minimum absolute atomic E-state index is 0. The molecule has 1 heterocycles. The summed E-state index contributed by atoms with van der Waals surface area (Å²) in [7, 11) is 0. The van der Waals surface area contributed by atoms with Gasteiger partial charge in [-0.1, -0.05) is 6.07 Å². The molecule has 1 amide bonds. The van der Waals surface area contributed by atoms with Crippen LogP contribution in [0.25, 0.3) is 0 Å². The van der Waals surface area contributed by atoms with E-state index in [1.807, 2.05) is 0 Å². The van der Waals surface area contributed by atoms with Gasteiger partial charge in [0, 0.05) is 12.1 Å². The number of hydrogen-bond acceptors (Lipinski definition) is 3. The molecule has 2 rings (SSSR count). The Bertz CT molecular complexity index is 477. The molecule has 2 N–H and O–H groups in total.